The summed E-state index contributed by atoms with van der Waals surface area (Å²) in [6.45, 7) is 1.38. The predicted octanol–water partition coefficient (Wildman–Crippen LogP) is 0.588. The molecule has 0 aliphatic carbocycles. The molecule has 0 aromatic carbocycles. The highest BCUT2D eigenvalue weighted by Gasteiger charge is 2.11. The van der Waals surface area contributed by atoms with Crippen LogP contribution in [0.1, 0.15) is 18.0 Å². The van der Waals surface area contributed by atoms with Crippen LogP contribution in [-0.4, -0.2) is 28.6 Å². The van der Waals surface area contributed by atoms with Crippen molar-refractivity contribution in [3.05, 3.63) is 16.6 Å². The van der Waals surface area contributed by atoms with E-state index in [2.05, 4.69) is 15.6 Å². The molecule has 82 valence electrons. The number of amides is 2. The highest BCUT2D eigenvalue weighted by atomic mass is 32.1. The van der Waals surface area contributed by atoms with Crippen LogP contribution < -0.4 is 10.6 Å². The molecular formula is C8H11N3O3S. The number of aromatic nitrogens is 1. The van der Waals surface area contributed by atoms with Gasteiger partial charge in [0, 0.05) is 11.6 Å². The van der Waals surface area contributed by atoms with Gasteiger partial charge in [0.05, 0.1) is 6.04 Å². The van der Waals surface area contributed by atoms with Gasteiger partial charge in [-0.25, -0.2) is 9.78 Å². The van der Waals surface area contributed by atoms with E-state index in [9.17, 15) is 9.59 Å². The quantitative estimate of drug-likeness (QED) is 0.704. The lowest BCUT2D eigenvalue weighted by Gasteiger charge is -2.11. The van der Waals surface area contributed by atoms with Crippen LogP contribution in [0.3, 0.4) is 0 Å². The molecule has 1 aromatic rings. The molecule has 1 unspecified atom stereocenters. The van der Waals surface area contributed by atoms with Crippen molar-refractivity contribution < 1.29 is 14.7 Å². The van der Waals surface area contributed by atoms with E-state index >= 15 is 0 Å². The van der Waals surface area contributed by atoms with Gasteiger partial charge < -0.3 is 15.7 Å². The number of carboxylic acids is 1. The van der Waals surface area contributed by atoms with Crippen LogP contribution in [0.25, 0.3) is 0 Å². The van der Waals surface area contributed by atoms with E-state index < -0.39 is 18.5 Å². The van der Waals surface area contributed by atoms with Gasteiger partial charge in [0.1, 0.15) is 11.6 Å². The minimum Gasteiger partial charge on any atom is -0.480 e. The van der Waals surface area contributed by atoms with Crippen LogP contribution >= 0.6 is 11.3 Å². The molecule has 6 nitrogen and oxygen atoms in total. The van der Waals surface area contributed by atoms with Crippen LogP contribution in [-0.2, 0) is 4.79 Å². The zero-order valence-corrected chi connectivity index (χ0v) is 8.87. The van der Waals surface area contributed by atoms with Crippen LogP contribution in [0.5, 0.6) is 0 Å². The maximum Gasteiger partial charge on any atom is 0.323 e. The molecule has 2 amide bonds. The Balaban J connectivity index is 2.35. The summed E-state index contributed by atoms with van der Waals surface area (Å²) in [7, 11) is 0. The number of aliphatic carboxylic acids is 1. The number of hydrogen-bond acceptors (Lipinski definition) is 4. The molecule has 3 N–H and O–H groups in total. The molecular weight excluding hydrogens is 218 g/mol. The lowest BCUT2D eigenvalue weighted by molar-refractivity contribution is -0.135. The van der Waals surface area contributed by atoms with Crippen molar-refractivity contribution in [1.29, 1.82) is 0 Å². The standard InChI is InChI=1S/C8H11N3O3S/c1-5(7-9-2-3-15-7)11-8(14)10-4-6(12)13/h2-3,5H,4H2,1H3,(H,12,13)(H2,10,11,14). The van der Waals surface area contributed by atoms with Gasteiger partial charge in [-0.2, -0.15) is 0 Å². The monoisotopic (exact) mass is 229 g/mol. The summed E-state index contributed by atoms with van der Waals surface area (Å²) in [6, 6.07) is -0.737. The highest BCUT2D eigenvalue weighted by molar-refractivity contribution is 7.09. The van der Waals surface area contributed by atoms with E-state index in [1.807, 2.05) is 5.38 Å². The third-order valence-corrected chi connectivity index (χ3v) is 2.53. The fourth-order valence-corrected chi connectivity index (χ4v) is 1.56. The van der Waals surface area contributed by atoms with Crippen molar-refractivity contribution in [3.63, 3.8) is 0 Å². The fourth-order valence-electron chi connectivity index (χ4n) is 0.914. The summed E-state index contributed by atoms with van der Waals surface area (Å²) in [5, 5.41) is 15.7. The summed E-state index contributed by atoms with van der Waals surface area (Å²) >= 11 is 1.43. The number of carbonyl (C=O) groups excluding carboxylic acids is 1. The van der Waals surface area contributed by atoms with E-state index in [1.165, 1.54) is 11.3 Å². The van der Waals surface area contributed by atoms with Crippen LogP contribution in [0, 0.1) is 0 Å². The second-order valence-corrected chi connectivity index (χ2v) is 3.74. The Labute approximate surface area is 90.3 Å². The SMILES string of the molecule is CC(NC(=O)NCC(=O)O)c1nccs1. The number of carboxylic acid groups (broad SMARTS) is 1. The third kappa shape index (κ3) is 3.94. The van der Waals surface area contributed by atoms with E-state index in [0.29, 0.717) is 0 Å². The van der Waals surface area contributed by atoms with Crippen LogP contribution in [0.4, 0.5) is 4.79 Å². The number of nitrogens with one attached hydrogen (secondary N) is 2. The Morgan fingerprint density at radius 3 is 2.93 bits per heavy atom. The first-order valence-electron chi connectivity index (χ1n) is 4.25. The molecule has 0 fully saturated rings. The molecule has 0 spiro atoms. The Kier molecular flexibility index (Phi) is 4.04. The van der Waals surface area contributed by atoms with Gasteiger partial charge in [0.25, 0.3) is 0 Å². The molecule has 7 heteroatoms. The predicted molar refractivity (Wildman–Crippen MR) is 54.7 cm³/mol. The van der Waals surface area contributed by atoms with Crippen LogP contribution in [0.2, 0.25) is 0 Å². The summed E-state index contributed by atoms with van der Waals surface area (Å²) in [5.74, 6) is -1.08. The van der Waals surface area contributed by atoms with E-state index in [4.69, 9.17) is 5.11 Å². The van der Waals surface area contributed by atoms with Gasteiger partial charge >= 0.3 is 12.0 Å². The van der Waals surface area contributed by atoms with Gasteiger partial charge in [-0.15, -0.1) is 11.3 Å². The van der Waals surface area contributed by atoms with E-state index in [1.54, 1.807) is 13.1 Å². The second-order valence-electron chi connectivity index (χ2n) is 2.81. The average Bonchev–Trinajstić information content (AvgIpc) is 2.67. The van der Waals surface area contributed by atoms with Crippen molar-refractivity contribution in [2.24, 2.45) is 0 Å². The van der Waals surface area contributed by atoms with Gasteiger partial charge in [0.15, 0.2) is 0 Å². The third-order valence-electron chi connectivity index (χ3n) is 1.57. The van der Waals surface area contributed by atoms with E-state index in [-0.39, 0.29) is 6.04 Å². The Morgan fingerprint density at radius 1 is 1.67 bits per heavy atom. The highest BCUT2D eigenvalue weighted by Crippen LogP contribution is 2.13. The topological polar surface area (TPSA) is 91.3 Å². The normalized spacial score (nSPS) is 11.8. The molecule has 0 aliphatic rings. The largest absolute Gasteiger partial charge is 0.480 e. The number of carbonyl (C=O) groups is 2. The van der Waals surface area contributed by atoms with Gasteiger partial charge in [0.2, 0.25) is 0 Å². The van der Waals surface area contributed by atoms with Crippen molar-refractivity contribution in [2.45, 2.75) is 13.0 Å². The first kappa shape index (κ1) is 11.4. The Morgan fingerprint density at radius 2 is 2.40 bits per heavy atom. The maximum absolute atomic E-state index is 11.1. The molecule has 1 aromatic heterocycles. The zero-order valence-electron chi connectivity index (χ0n) is 8.06. The molecule has 0 saturated heterocycles. The molecule has 1 heterocycles. The number of hydrogen-bond donors (Lipinski definition) is 3. The average molecular weight is 229 g/mol. The molecule has 1 atom stereocenters. The first-order valence-corrected chi connectivity index (χ1v) is 5.13. The Hall–Kier alpha value is -1.63. The minimum atomic E-state index is -1.08. The Bertz CT molecular complexity index is 339. The maximum atomic E-state index is 11.1. The first-order chi connectivity index (χ1) is 7.09. The minimum absolute atomic E-state index is 0.223. The van der Waals surface area contributed by atoms with Crippen molar-refractivity contribution in [3.8, 4) is 0 Å². The van der Waals surface area contributed by atoms with Gasteiger partial charge in [-0.05, 0) is 6.92 Å². The van der Waals surface area contributed by atoms with Crippen molar-refractivity contribution in [2.75, 3.05) is 6.54 Å². The summed E-state index contributed by atoms with van der Waals surface area (Å²) in [4.78, 5) is 25.3. The molecule has 0 bridgehead atoms. The second kappa shape index (κ2) is 5.30. The lowest BCUT2D eigenvalue weighted by Crippen LogP contribution is -2.39. The molecule has 0 radical (unpaired) electrons. The summed E-state index contributed by atoms with van der Waals surface area (Å²) in [5.41, 5.74) is 0. The number of rotatable bonds is 4. The zero-order chi connectivity index (χ0) is 11.3. The number of thiazole rings is 1. The van der Waals surface area contributed by atoms with Crippen molar-refractivity contribution in [1.82, 2.24) is 15.6 Å². The summed E-state index contributed by atoms with van der Waals surface area (Å²) < 4.78 is 0. The van der Waals surface area contributed by atoms with Crippen molar-refractivity contribution >= 4 is 23.3 Å². The van der Waals surface area contributed by atoms with Gasteiger partial charge in [-0.3, -0.25) is 4.79 Å². The number of urea groups is 1. The van der Waals surface area contributed by atoms with E-state index in [0.717, 1.165) is 5.01 Å². The summed E-state index contributed by atoms with van der Waals surface area (Å²) in [6.07, 6.45) is 1.65. The number of nitrogens with zero attached hydrogens (tertiary/aromatic N) is 1. The lowest BCUT2D eigenvalue weighted by atomic mass is 10.4. The molecule has 0 aliphatic heterocycles. The van der Waals surface area contributed by atoms with Crippen LogP contribution in [0.15, 0.2) is 11.6 Å². The smallest absolute Gasteiger partial charge is 0.323 e. The molecule has 1 rings (SSSR count). The molecule has 15 heavy (non-hydrogen) atoms. The fraction of sp³-hybridized carbons (Fsp3) is 0.375. The molecule has 0 saturated carbocycles. The van der Waals surface area contributed by atoms with Gasteiger partial charge in [-0.1, -0.05) is 0 Å².